The first-order valence-corrected chi connectivity index (χ1v) is 7.67. The average Bonchev–Trinajstić information content (AvgIpc) is 2.54. The summed E-state index contributed by atoms with van der Waals surface area (Å²) in [4.78, 5) is 24.8. The minimum absolute atomic E-state index is 0.140. The fraction of sp³-hybridized carbons (Fsp3) is 0.263. The van der Waals surface area contributed by atoms with E-state index in [-0.39, 0.29) is 11.5 Å². The lowest BCUT2D eigenvalue weighted by atomic mass is 10.1. The van der Waals surface area contributed by atoms with E-state index in [4.69, 9.17) is 9.84 Å². The van der Waals surface area contributed by atoms with E-state index in [1.54, 1.807) is 31.0 Å². The van der Waals surface area contributed by atoms with E-state index in [0.717, 1.165) is 11.1 Å². The second-order valence-electron chi connectivity index (χ2n) is 5.77. The monoisotopic (exact) mass is 327 g/mol. The summed E-state index contributed by atoms with van der Waals surface area (Å²) in [6, 6.07) is 14.0. The Balaban J connectivity index is 1.96. The first-order chi connectivity index (χ1) is 11.4. The molecule has 0 aliphatic heterocycles. The van der Waals surface area contributed by atoms with Crippen molar-refractivity contribution in [1.29, 1.82) is 0 Å². The van der Waals surface area contributed by atoms with Crippen LogP contribution in [-0.4, -0.2) is 35.0 Å². The molecule has 5 nitrogen and oxygen atoms in total. The molecule has 24 heavy (non-hydrogen) atoms. The number of carbonyl (C=O) groups excluding carboxylic acids is 1. The number of carboxylic acid groups (broad SMARTS) is 1. The number of carbonyl (C=O) groups is 2. The Bertz CT molecular complexity index is 724. The molecule has 0 saturated carbocycles. The smallest absolute Gasteiger partial charge is 0.335 e. The predicted molar refractivity (Wildman–Crippen MR) is 91.1 cm³/mol. The molecule has 126 valence electrons. The lowest BCUT2D eigenvalue weighted by Gasteiger charge is -2.22. The van der Waals surface area contributed by atoms with Crippen molar-refractivity contribution >= 4 is 11.9 Å². The van der Waals surface area contributed by atoms with Crippen molar-refractivity contribution in [3.63, 3.8) is 0 Å². The average molecular weight is 327 g/mol. The summed E-state index contributed by atoms with van der Waals surface area (Å²) in [6.45, 7) is 4.07. The topological polar surface area (TPSA) is 66.8 Å². The third kappa shape index (κ3) is 4.59. The lowest BCUT2D eigenvalue weighted by molar-refractivity contribution is -0.137. The molecule has 0 aliphatic carbocycles. The molecule has 0 aromatic heterocycles. The number of carboxylic acids is 1. The summed E-state index contributed by atoms with van der Waals surface area (Å²) in [6.07, 6.45) is -0.602. The highest BCUT2D eigenvalue weighted by Gasteiger charge is 2.19. The van der Waals surface area contributed by atoms with Crippen molar-refractivity contribution in [2.75, 3.05) is 7.05 Å². The number of hydrogen-bond acceptors (Lipinski definition) is 3. The second kappa shape index (κ2) is 7.64. The zero-order valence-electron chi connectivity index (χ0n) is 14.0. The van der Waals surface area contributed by atoms with Crippen LogP contribution in [0.1, 0.15) is 28.4 Å². The van der Waals surface area contributed by atoms with E-state index in [2.05, 4.69) is 0 Å². The molecule has 0 fully saturated rings. The maximum Gasteiger partial charge on any atom is 0.335 e. The highest BCUT2D eigenvalue weighted by Crippen LogP contribution is 2.15. The molecule has 0 bridgehead atoms. The van der Waals surface area contributed by atoms with Gasteiger partial charge in [-0.3, -0.25) is 4.79 Å². The highest BCUT2D eigenvalue weighted by molar-refractivity contribution is 5.87. The van der Waals surface area contributed by atoms with Crippen LogP contribution in [0, 0.1) is 6.92 Å². The highest BCUT2D eigenvalue weighted by atomic mass is 16.5. The molecule has 0 aliphatic rings. The van der Waals surface area contributed by atoms with Crippen LogP contribution in [0.25, 0.3) is 0 Å². The van der Waals surface area contributed by atoms with Gasteiger partial charge in [0.05, 0.1) is 5.56 Å². The van der Waals surface area contributed by atoms with Gasteiger partial charge < -0.3 is 14.7 Å². The minimum Gasteiger partial charge on any atom is -0.481 e. The largest absolute Gasteiger partial charge is 0.481 e. The van der Waals surface area contributed by atoms with E-state index in [1.807, 2.05) is 31.2 Å². The van der Waals surface area contributed by atoms with Gasteiger partial charge in [-0.05, 0) is 49.2 Å². The van der Waals surface area contributed by atoms with Crippen LogP contribution >= 0.6 is 0 Å². The minimum atomic E-state index is -0.967. The quantitative estimate of drug-likeness (QED) is 0.885. The summed E-state index contributed by atoms with van der Waals surface area (Å²) < 4.78 is 5.70. The maximum atomic E-state index is 12.4. The van der Waals surface area contributed by atoms with Gasteiger partial charge in [0.15, 0.2) is 6.10 Å². The van der Waals surface area contributed by atoms with Crippen LogP contribution in [0.15, 0.2) is 48.5 Å². The van der Waals surface area contributed by atoms with Gasteiger partial charge in [0, 0.05) is 13.6 Å². The van der Waals surface area contributed by atoms with Gasteiger partial charge in [0.2, 0.25) is 0 Å². The van der Waals surface area contributed by atoms with Crippen LogP contribution in [0.4, 0.5) is 0 Å². The van der Waals surface area contributed by atoms with E-state index >= 15 is 0 Å². The van der Waals surface area contributed by atoms with Gasteiger partial charge in [-0.1, -0.05) is 24.3 Å². The van der Waals surface area contributed by atoms with Crippen LogP contribution < -0.4 is 4.74 Å². The van der Waals surface area contributed by atoms with E-state index in [1.165, 1.54) is 12.1 Å². The number of aromatic carboxylic acids is 1. The number of aryl methyl sites for hydroxylation is 1. The molecular formula is C19H21NO4. The fourth-order valence-electron chi connectivity index (χ4n) is 2.36. The number of nitrogens with zero attached hydrogens (tertiary/aromatic N) is 1. The molecule has 0 radical (unpaired) electrons. The molecule has 1 unspecified atom stereocenters. The predicted octanol–water partition coefficient (Wildman–Crippen LogP) is 3.12. The Kier molecular flexibility index (Phi) is 5.58. The molecule has 0 heterocycles. The molecule has 0 spiro atoms. The van der Waals surface area contributed by atoms with Crippen molar-refractivity contribution in [3.8, 4) is 5.75 Å². The third-order valence-corrected chi connectivity index (χ3v) is 3.65. The van der Waals surface area contributed by atoms with E-state index in [0.29, 0.717) is 12.3 Å². The Labute approximate surface area is 141 Å². The Morgan fingerprint density at radius 3 is 2.42 bits per heavy atom. The third-order valence-electron chi connectivity index (χ3n) is 3.65. The number of hydrogen-bond donors (Lipinski definition) is 1. The number of benzene rings is 2. The number of rotatable bonds is 6. The standard InChI is InChI=1S/C19H21NO4/c1-13-5-4-6-17(11-13)24-14(2)18(21)20(3)12-15-7-9-16(10-8-15)19(22)23/h4-11,14H,12H2,1-3H3,(H,22,23). The Hall–Kier alpha value is -2.82. The van der Waals surface area contributed by atoms with Gasteiger partial charge in [-0.2, -0.15) is 0 Å². The molecular weight excluding hydrogens is 306 g/mol. The van der Waals surface area contributed by atoms with Gasteiger partial charge >= 0.3 is 5.97 Å². The van der Waals surface area contributed by atoms with Crippen LogP contribution in [0.2, 0.25) is 0 Å². The van der Waals surface area contributed by atoms with Gasteiger partial charge in [-0.25, -0.2) is 4.79 Å². The number of likely N-dealkylation sites (N-methyl/N-ethyl adjacent to an activating group) is 1. The summed E-state index contributed by atoms with van der Waals surface area (Å²) in [5.41, 5.74) is 2.15. The lowest BCUT2D eigenvalue weighted by Crippen LogP contribution is -2.37. The summed E-state index contributed by atoms with van der Waals surface area (Å²) in [7, 11) is 1.70. The fourth-order valence-corrected chi connectivity index (χ4v) is 2.36. The summed E-state index contributed by atoms with van der Waals surface area (Å²) in [5, 5.41) is 8.90. The van der Waals surface area contributed by atoms with Gasteiger partial charge in [0.25, 0.3) is 5.91 Å². The van der Waals surface area contributed by atoms with E-state index < -0.39 is 12.1 Å². The van der Waals surface area contributed by atoms with Crippen LogP contribution in [0.5, 0.6) is 5.75 Å². The molecule has 1 atom stereocenters. The normalized spacial score (nSPS) is 11.6. The molecule has 5 heteroatoms. The van der Waals surface area contributed by atoms with Crippen molar-refractivity contribution < 1.29 is 19.4 Å². The number of amides is 1. The SMILES string of the molecule is Cc1cccc(OC(C)C(=O)N(C)Cc2ccc(C(=O)O)cc2)c1. The molecule has 1 amide bonds. The molecule has 1 N–H and O–H groups in total. The second-order valence-corrected chi connectivity index (χ2v) is 5.77. The number of ether oxygens (including phenoxy) is 1. The summed E-state index contributed by atoms with van der Waals surface area (Å²) in [5.74, 6) is -0.444. The zero-order chi connectivity index (χ0) is 17.7. The first-order valence-electron chi connectivity index (χ1n) is 7.67. The van der Waals surface area contributed by atoms with Crippen molar-refractivity contribution in [2.45, 2.75) is 26.5 Å². The first kappa shape index (κ1) is 17.5. The maximum absolute atomic E-state index is 12.4. The van der Waals surface area contributed by atoms with Crippen molar-refractivity contribution in [3.05, 3.63) is 65.2 Å². The van der Waals surface area contributed by atoms with E-state index in [9.17, 15) is 9.59 Å². The molecule has 2 aromatic carbocycles. The van der Waals surface area contributed by atoms with Crippen LogP contribution in [-0.2, 0) is 11.3 Å². The Morgan fingerprint density at radius 2 is 1.83 bits per heavy atom. The van der Waals surface area contributed by atoms with Crippen molar-refractivity contribution in [1.82, 2.24) is 4.90 Å². The molecule has 2 rings (SSSR count). The Morgan fingerprint density at radius 1 is 1.17 bits per heavy atom. The summed E-state index contributed by atoms with van der Waals surface area (Å²) >= 11 is 0. The van der Waals surface area contributed by atoms with Gasteiger partial charge in [0.1, 0.15) is 5.75 Å². The van der Waals surface area contributed by atoms with Gasteiger partial charge in [-0.15, -0.1) is 0 Å². The van der Waals surface area contributed by atoms with Crippen LogP contribution in [0.3, 0.4) is 0 Å². The molecule has 0 saturated heterocycles. The zero-order valence-corrected chi connectivity index (χ0v) is 14.0. The molecule has 2 aromatic rings. The van der Waals surface area contributed by atoms with Crippen molar-refractivity contribution in [2.24, 2.45) is 0 Å².